The number of thioether (sulfide) groups is 1. The molecule has 122 valence electrons. The predicted molar refractivity (Wildman–Crippen MR) is 92.6 cm³/mol. The molecular formula is C17H26N2O2S. The zero-order valence-corrected chi connectivity index (χ0v) is 14.3. The molecule has 0 bridgehead atoms. The van der Waals surface area contributed by atoms with Crippen molar-refractivity contribution >= 4 is 17.7 Å². The number of para-hydroxylation sites is 1. The summed E-state index contributed by atoms with van der Waals surface area (Å²) < 4.78 is 5.47. The van der Waals surface area contributed by atoms with Gasteiger partial charge in [0.25, 0.3) is 0 Å². The first kappa shape index (κ1) is 17.2. The second kappa shape index (κ2) is 9.06. The van der Waals surface area contributed by atoms with Crippen LogP contribution in [-0.2, 0) is 4.79 Å². The summed E-state index contributed by atoms with van der Waals surface area (Å²) in [7, 11) is 1.68. The second-order valence-corrected chi connectivity index (χ2v) is 6.48. The van der Waals surface area contributed by atoms with Gasteiger partial charge >= 0.3 is 0 Å². The molecular weight excluding hydrogens is 296 g/mol. The molecule has 4 nitrogen and oxygen atoms in total. The number of unbranched alkanes of at least 4 members (excludes halogenated alkanes) is 1. The van der Waals surface area contributed by atoms with E-state index < -0.39 is 0 Å². The van der Waals surface area contributed by atoms with Crippen LogP contribution < -0.4 is 10.1 Å². The Balaban J connectivity index is 2.06. The van der Waals surface area contributed by atoms with Gasteiger partial charge < -0.3 is 15.0 Å². The number of hydrogen-bond donors (Lipinski definition) is 1. The Morgan fingerprint density at radius 3 is 3.00 bits per heavy atom. The van der Waals surface area contributed by atoms with Crippen molar-refractivity contribution in [1.82, 2.24) is 10.2 Å². The van der Waals surface area contributed by atoms with Gasteiger partial charge in [-0.25, -0.2) is 0 Å². The molecule has 1 unspecified atom stereocenters. The topological polar surface area (TPSA) is 41.6 Å². The molecule has 5 heteroatoms. The van der Waals surface area contributed by atoms with E-state index in [0.717, 1.165) is 49.5 Å². The van der Waals surface area contributed by atoms with Gasteiger partial charge in [0.05, 0.1) is 13.2 Å². The molecule has 1 atom stereocenters. The first-order chi connectivity index (χ1) is 10.8. The standard InChI is InChI=1S/C17H26N2O2S/c1-21-16-8-4-3-7-14(16)15-13-18-10-11-19(15)17(20)9-5-6-12-22-2/h3-4,7-8,15,18H,5-6,9-13H2,1-2H3. The Bertz CT molecular complexity index is 481. The number of ether oxygens (including phenoxy) is 1. The molecule has 0 aliphatic carbocycles. The van der Waals surface area contributed by atoms with Crippen LogP contribution in [0, 0.1) is 0 Å². The molecule has 1 heterocycles. The Labute approximate surface area is 137 Å². The monoisotopic (exact) mass is 322 g/mol. The van der Waals surface area contributed by atoms with E-state index in [1.807, 2.05) is 34.9 Å². The van der Waals surface area contributed by atoms with Crippen LogP contribution in [0.1, 0.15) is 30.9 Å². The minimum Gasteiger partial charge on any atom is -0.496 e. The number of rotatable bonds is 7. The largest absolute Gasteiger partial charge is 0.496 e. The summed E-state index contributed by atoms with van der Waals surface area (Å²) in [5, 5.41) is 3.39. The fourth-order valence-electron chi connectivity index (χ4n) is 2.89. The lowest BCUT2D eigenvalue weighted by atomic mass is 10.0. The second-order valence-electron chi connectivity index (χ2n) is 5.50. The SMILES string of the molecule is COc1ccccc1C1CNCCN1C(=O)CCCCSC. The molecule has 0 saturated carbocycles. The summed E-state index contributed by atoms with van der Waals surface area (Å²) in [4.78, 5) is 14.6. The van der Waals surface area contributed by atoms with Gasteiger partial charge in [0.15, 0.2) is 0 Å². The summed E-state index contributed by atoms with van der Waals surface area (Å²) in [6.45, 7) is 2.42. The minimum atomic E-state index is 0.0675. The lowest BCUT2D eigenvalue weighted by Crippen LogP contribution is -2.48. The summed E-state index contributed by atoms with van der Waals surface area (Å²) in [5.41, 5.74) is 1.09. The number of nitrogens with one attached hydrogen (secondary N) is 1. The maximum Gasteiger partial charge on any atom is 0.223 e. The number of benzene rings is 1. The highest BCUT2D eigenvalue weighted by Crippen LogP contribution is 2.30. The van der Waals surface area contributed by atoms with Crippen molar-refractivity contribution in [2.24, 2.45) is 0 Å². The number of carbonyl (C=O) groups is 1. The highest BCUT2D eigenvalue weighted by Gasteiger charge is 2.29. The Hall–Kier alpha value is -1.20. The molecule has 1 aromatic carbocycles. The van der Waals surface area contributed by atoms with Gasteiger partial charge in [-0.2, -0.15) is 11.8 Å². The van der Waals surface area contributed by atoms with Gasteiger partial charge in [-0.1, -0.05) is 18.2 Å². The number of piperazine rings is 1. The third-order valence-corrected chi connectivity index (χ3v) is 4.75. The van der Waals surface area contributed by atoms with Crippen LogP contribution in [0.25, 0.3) is 0 Å². The van der Waals surface area contributed by atoms with Crippen LogP contribution in [0.4, 0.5) is 0 Å². The van der Waals surface area contributed by atoms with Crippen LogP contribution in [0.5, 0.6) is 5.75 Å². The first-order valence-corrected chi connectivity index (χ1v) is 9.29. The smallest absolute Gasteiger partial charge is 0.223 e. The van der Waals surface area contributed by atoms with Gasteiger partial charge in [-0.15, -0.1) is 0 Å². The van der Waals surface area contributed by atoms with E-state index in [1.165, 1.54) is 0 Å². The fraction of sp³-hybridized carbons (Fsp3) is 0.588. The van der Waals surface area contributed by atoms with Crippen molar-refractivity contribution in [2.45, 2.75) is 25.3 Å². The molecule has 0 radical (unpaired) electrons. The maximum absolute atomic E-state index is 12.6. The average molecular weight is 322 g/mol. The van der Waals surface area contributed by atoms with Crippen molar-refractivity contribution < 1.29 is 9.53 Å². The number of carbonyl (C=O) groups excluding carboxylic acids is 1. The zero-order valence-electron chi connectivity index (χ0n) is 13.5. The van der Waals surface area contributed by atoms with Crippen LogP contribution in [0.15, 0.2) is 24.3 Å². The molecule has 1 amide bonds. The molecule has 0 spiro atoms. The zero-order chi connectivity index (χ0) is 15.8. The summed E-state index contributed by atoms with van der Waals surface area (Å²) >= 11 is 1.84. The van der Waals surface area contributed by atoms with E-state index in [0.29, 0.717) is 6.42 Å². The van der Waals surface area contributed by atoms with E-state index in [4.69, 9.17) is 4.74 Å². The third kappa shape index (κ3) is 4.40. The lowest BCUT2D eigenvalue weighted by Gasteiger charge is -2.37. The summed E-state index contributed by atoms with van der Waals surface area (Å²) in [5.74, 6) is 2.25. The number of methoxy groups -OCH3 is 1. The lowest BCUT2D eigenvalue weighted by molar-refractivity contribution is -0.134. The van der Waals surface area contributed by atoms with Crippen molar-refractivity contribution in [1.29, 1.82) is 0 Å². The molecule has 22 heavy (non-hydrogen) atoms. The molecule has 1 aliphatic heterocycles. The van der Waals surface area contributed by atoms with Gasteiger partial charge in [0.1, 0.15) is 5.75 Å². The maximum atomic E-state index is 12.6. The molecule has 1 fully saturated rings. The Morgan fingerprint density at radius 2 is 2.23 bits per heavy atom. The van der Waals surface area contributed by atoms with Crippen LogP contribution >= 0.6 is 11.8 Å². The van der Waals surface area contributed by atoms with Crippen LogP contribution in [-0.4, -0.2) is 49.6 Å². The summed E-state index contributed by atoms with van der Waals surface area (Å²) in [6, 6.07) is 8.06. The molecule has 1 aromatic rings. The summed E-state index contributed by atoms with van der Waals surface area (Å²) in [6.07, 6.45) is 4.84. The number of amides is 1. The average Bonchev–Trinajstić information content (AvgIpc) is 2.58. The minimum absolute atomic E-state index is 0.0675. The van der Waals surface area contributed by atoms with Gasteiger partial charge in [0, 0.05) is 31.6 Å². The van der Waals surface area contributed by atoms with Crippen molar-refractivity contribution in [3.05, 3.63) is 29.8 Å². The molecule has 1 aliphatic rings. The quantitative estimate of drug-likeness (QED) is 0.784. The van der Waals surface area contributed by atoms with Crippen molar-refractivity contribution in [2.75, 3.05) is 38.8 Å². The molecule has 1 N–H and O–H groups in total. The fourth-order valence-corrected chi connectivity index (χ4v) is 3.38. The van der Waals surface area contributed by atoms with E-state index >= 15 is 0 Å². The van der Waals surface area contributed by atoms with Crippen LogP contribution in [0.2, 0.25) is 0 Å². The Kier molecular flexibility index (Phi) is 7.06. The van der Waals surface area contributed by atoms with Gasteiger partial charge in [-0.05, 0) is 30.9 Å². The third-order valence-electron chi connectivity index (χ3n) is 4.05. The van der Waals surface area contributed by atoms with Crippen molar-refractivity contribution in [3.8, 4) is 5.75 Å². The first-order valence-electron chi connectivity index (χ1n) is 7.90. The van der Waals surface area contributed by atoms with Crippen LogP contribution in [0.3, 0.4) is 0 Å². The number of nitrogens with zero attached hydrogens (tertiary/aromatic N) is 1. The predicted octanol–water partition coefficient (Wildman–Crippen LogP) is 2.70. The molecule has 1 saturated heterocycles. The van der Waals surface area contributed by atoms with E-state index in [1.54, 1.807) is 7.11 Å². The Morgan fingerprint density at radius 1 is 1.41 bits per heavy atom. The van der Waals surface area contributed by atoms with E-state index in [2.05, 4.69) is 17.6 Å². The molecule has 0 aromatic heterocycles. The van der Waals surface area contributed by atoms with E-state index in [9.17, 15) is 4.79 Å². The van der Waals surface area contributed by atoms with Gasteiger partial charge in [-0.3, -0.25) is 4.79 Å². The highest BCUT2D eigenvalue weighted by atomic mass is 32.2. The normalized spacial score (nSPS) is 18.3. The van der Waals surface area contributed by atoms with E-state index in [-0.39, 0.29) is 11.9 Å². The number of hydrogen-bond acceptors (Lipinski definition) is 4. The van der Waals surface area contributed by atoms with Gasteiger partial charge in [0.2, 0.25) is 5.91 Å². The molecule has 2 rings (SSSR count). The highest BCUT2D eigenvalue weighted by molar-refractivity contribution is 7.98. The van der Waals surface area contributed by atoms with Crippen molar-refractivity contribution in [3.63, 3.8) is 0 Å².